The van der Waals surface area contributed by atoms with E-state index in [1.165, 1.54) is 0 Å². The number of amides is 2. The Labute approximate surface area is 145 Å². The number of nitrogens with zero attached hydrogens (tertiary/aromatic N) is 2. The van der Waals surface area contributed by atoms with E-state index in [1.807, 2.05) is 49.2 Å². The molecule has 132 valence electrons. The molecule has 5 nitrogen and oxygen atoms in total. The Hall–Kier alpha value is -1.88. The lowest BCUT2D eigenvalue weighted by molar-refractivity contribution is -0.134. The van der Waals surface area contributed by atoms with Crippen LogP contribution in [-0.2, 0) is 16.1 Å². The quantitative estimate of drug-likeness (QED) is 0.896. The van der Waals surface area contributed by atoms with Gasteiger partial charge < -0.3 is 15.1 Å². The van der Waals surface area contributed by atoms with Crippen LogP contribution in [0.3, 0.4) is 0 Å². The number of carbonyl (C=O) groups is 2. The van der Waals surface area contributed by atoms with Crippen molar-refractivity contribution in [1.82, 2.24) is 15.1 Å². The first kappa shape index (κ1) is 18.5. The van der Waals surface area contributed by atoms with Crippen molar-refractivity contribution in [3.8, 4) is 0 Å². The topological polar surface area (TPSA) is 52.7 Å². The summed E-state index contributed by atoms with van der Waals surface area (Å²) < 4.78 is 0. The van der Waals surface area contributed by atoms with E-state index in [9.17, 15) is 9.59 Å². The number of hydrogen-bond donors (Lipinski definition) is 1. The smallest absolute Gasteiger partial charge is 0.239 e. The summed E-state index contributed by atoms with van der Waals surface area (Å²) in [7, 11) is 1.84. The van der Waals surface area contributed by atoms with Crippen molar-refractivity contribution < 1.29 is 9.59 Å². The summed E-state index contributed by atoms with van der Waals surface area (Å²) in [4.78, 5) is 27.7. The molecular weight excluding hydrogens is 302 g/mol. The Morgan fingerprint density at radius 3 is 2.58 bits per heavy atom. The average molecular weight is 331 g/mol. The van der Waals surface area contributed by atoms with E-state index in [1.54, 1.807) is 11.8 Å². The highest BCUT2D eigenvalue weighted by Gasteiger charge is 2.30. The van der Waals surface area contributed by atoms with Crippen molar-refractivity contribution in [3.63, 3.8) is 0 Å². The van der Waals surface area contributed by atoms with Crippen molar-refractivity contribution in [1.29, 1.82) is 0 Å². The van der Waals surface area contributed by atoms with Crippen molar-refractivity contribution in [3.05, 3.63) is 35.9 Å². The lowest BCUT2D eigenvalue weighted by Gasteiger charge is -2.38. The molecule has 1 aromatic carbocycles. The van der Waals surface area contributed by atoms with Gasteiger partial charge in [0, 0.05) is 39.6 Å². The third-order valence-electron chi connectivity index (χ3n) is 4.82. The summed E-state index contributed by atoms with van der Waals surface area (Å²) in [6.45, 7) is 7.81. The minimum atomic E-state index is -0.227. The van der Waals surface area contributed by atoms with Gasteiger partial charge in [0.1, 0.15) is 0 Å². The van der Waals surface area contributed by atoms with E-state index in [0.717, 1.165) is 25.1 Å². The van der Waals surface area contributed by atoms with Crippen LogP contribution in [0.25, 0.3) is 0 Å². The molecular formula is C19H29N3O2. The lowest BCUT2D eigenvalue weighted by Crippen LogP contribution is -2.54. The van der Waals surface area contributed by atoms with Crippen molar-refractivity contribution in [2.24, 2.45) is 5.92 Å². The fraction of sp³-hybridized carbons (Fsp3) is 0.579. The van der Waals surface area contributed by atoms with Gasteiger partial charge in [0.25, 0.3) is 0 Å². The molecule has 2 rings (SSSR count). The Kier molecular flexibility index (Phi) is 6.37. The first-order chi connectivity index (χ1) is 11.4. The van der Waals surface area contributed by atoms with E-state index < -0.39 is 0 Å². The molecule has 0 aromatic heterocycles. The molecule has 1 N–H and O–H groups in total. The summed E-state index contributed by atoms with van der Waals surface area (Å²) in [5.41, 5.74) is 1.13. The molecule has 3 atom stereocenters. The Balaban J connectivity index is 1.86. The van der Waals surface area contributed by atoms with Crippen LogP contribution in [0, 0.1) is 5.92 Å². The Morgan fingerprint density at radius 1 is 1.33 bits per heavy atom. The summed E-state index contributed by atoms with van der Waals surface area (Å²) in [6.07, 6.45) is 0.890. The fourth-order valence-corrected chi connectivity index (χ4v) is 3.34. The number of carbonyl (C=O) groups excluding carboxylic acids is 2. The first-order valence-corrected chi connectivity index (χ1v) is 8.69. The Bertz CT molecular complexity index is 561. The molecule has 1 aromatic rings. The van der Waals surface area contributed by atoms with Crippen LogP contribution < -0.4 is 5.32 Å². The minimum Gasteiger partial charge on any atom is -0.343 e. The van der Waals surface area contributed by atoms with Gasteiger partial charge in [0.2, 0.25) is 11.8 Å². The van der Waals surface area contributed by atoms with Gasteiger partial charge >= 0.3 is 0 Å². The fourth-order valence-electron chi connectivity index (χ4n) is 3.34. The number of rotatable bonds is 5. The average Bonchev–Trinajstić information content (AvgIpc) is 2.56. The van der Waals surface area contributed by atoms with Gasteiger partial charge in [-0.1, -0.05) is 37.3 Å². The van der Waals surface area contributed by atoms with Crippen molar-refractivity contribution in [2.75, 3.05) is 20.1 Å². The Morgan fingerprint density at radius 2 is 2.00 bits per heavy atom. The predicted octanol–water partition coefficient (Wildman–Crippen LogP) is 1.88. The molecule has 1 saturated heterocycles. The van der Waals surface area contributed by atoms with Crippen LogP contribution in [0.1, 0.15) is 32.8 Å². The second-order valence-corrected chi connectivity index (χ2v) is 6.91. The molecule has 2 amide bonds. The van der Waals surface area contributed by atoms with E-state index in [2.05, 4.69) is 12.2 Å². The number of nitrogens with one attached hydrogen (secondary N) is 1. The zero-order valence-electron chi connectivity index (χ0n) is 15.2. The number of likely N-dealkylation sites (N-methyl/N-ethyl adjacent to an activating group) is 1. The summed E-state index contributed by atoms with van der Waals surface area (Å²) in [6, 6.07) is 10.0. The van der Waals surface area contributed by atoms with Gasteiger partial charge in [-0.25, -0.2) is 0 Å². The van der Waals surface area contributed by atoms with Gasteiger partial charge in [-0.05, 0) is 24.8 Å². The number of benzene rings is 1. The molecule has 1 fully saturated rings. The van der Waals surface area contributed by atoms with Crippen LogP contribution in [-0.4, -0.2) is 53.8 Å². The standard InChI is InChI=1S/C19H29N3O2/c1-14-12-22(16(3)23)11-10-18(14)20-15(2)19(24)21(4)13-17-8-6-5-7-9-17/h5-9,14-15,18,20H,10-13H2,1-4H3/t14-,15+,18+/m1/s1. The van der Waals surface area contributed by atoms with E-state index in [0.29, 0.717) is 12.5 Å². The van der Waals surface area contributed by atoms with E-state index in [-0.39, 0.29) is 23.9 Å². The monoisotopic (exact) mass is 331 g/mol. The van der Waals surface area contributed by atoms with Gasteiger partial charge in [-0.3, -0.25) is 9.59 Å². The summed E-state index contributed by atoms with van der Waals surface area (Å²) >= 11 is 0. The molecule has 1 aliphatic rings. The van der Waals surface area contributed by atoms with Crippen molar-refractivity contribution in [2.45, 2.75) is 45.8 Å². The second kappa shape index (κ2) is 8.29. The van der Waals surface area contributed by atoms with Crippen LogP contribution in [0.4, 0.5) is 0 Å². The molecule has 0 radical (unpaired) electrons. The maximum Gasteiger partial charge on any atom is 0.239 e. The molecule has 1 aliphatic heterocycles. The number of likely N-dealkylation sites (tertiary alicyclic amines) is 1. The molecule has 24 heavy (non-hydrogen) atoms. The van der Waals surface area contributed by atoms with E-state index >= 15 is 0 Å². The molecule has 0 saturated carbocycles. The van der Waals surface area contributed by atoms with Gasteiger partial charge in [-0.15, -0.1) is 0 Å². The van der Waals surface area contributed by atoms with Crippen LogP contribution in [0.15, 0.2) is 30.3 Å². The predicted molar refractivity (Wildman–Crippen MR) is 95.3 cm³/mol. The largest absolute Gasteiger partial charge is 0.343 e. The SMILES string of the molecule is CC(=O)N1CC[C@H](N[C@@H](C)C(=O)N(C)Cc2ccccc2)[C@H](C)C1. The molecule has 0 aliphatic carbocycles. The van der Waals surface area contributed by atoms with Crippen LogP contribution >= 0.6 is 0 Å². The molecule has 0 bridgehead atoms. The highest BCUT2D eigenvalue weighted by molar-refractivity contribution is 5.81. The van der Waals surface area contributed by atoms with Gasteiger partial charge in [0.15, 0.2) is 0 Å². The maximum atomic E-state index is 12.6. The summed E-state index contributed by atoms with van der Waals surface area (Å²) in [5, 5.41) is 3.47. The van der Waals surface area contributed by atoms with E-state index in [4.69, 9.17) is 0 Å². The highest BCUT2D eigenvalue weighted by atomic mass is 16.2. The first-order valence-electron chi connectivity index (χ1n) is 8.69. The lowest BCUT2D eigenvalue weighted by atomic mass is 9.93. The zero-order chi connectivity index (χ0) is 17.7. The minimum absolute atomic E-state index is 0.0973. The zero-order valence-corrected chi connectivity index (χ0v) is 15.2. The third kappa shape index (κ3) is 4.81. The third-order valence-corrected chi connectivity index (χ3v) is 4.82. The normalized spacial score (nSPS) is 22.1. The second-order valence-electron chi connectivity index (χ2n) is 6.91. The maximum absolute atomic E-state index is 12.6. The van der Waals surface area contributed by atoms with Gasteiger partial charge in [-0.2, -0.15) is 0 Å². The van der Waals surface area contributed by atoms with Crippen LogP contribution in [0.5, 0.6) is 0 Å². The molecule has 5 heteroatoms. The molecule has 0 spiro atoms. The molecule has 0 unspecified atom stereocenters. The van der Waals surface area contributed by atoms with Crippen LogP contribution in [0.2, 0.25) is 0 Å². The van der Waals surface area contributed by atoms with Gasteiger partial charge in [0.05, 0.1) is 6.04 Å². The number of piperidine rings is 1. The summed E-state index contributed by atoms with van der Waals surface area (Å²) in [5.74, 6) is 0.574. The molecule has 1 heterocycles. The number of hydrogen-bond acceptors (Lipinski definition) is 3. The van der Waals surface area contributed by atoms with Crippen molar-refractivity contribution >= 4 is 11.8 Å². The highest BCUT2D eigenvalue weighted by Crippen LogP contribution is 2.18.